The molecule has 8 heteroatoms. The van der Waals surface area contributed by atoms with Crippen LogP contribution in [-0.4, -0.2) is 16.6 Å². The maximum Gasteiger partial charge on any atom is 0.234 e. The fourth-order valence-corrected chi connectivity index (χ4v) is 4.25. The van der Waals surface area contributed by atoms with Crippen molar-refractivity contribution in [1.82, 2.24) is 4.98 Å². The second kappa shape index (κ2) is 6.94. The molecule has 23 heavy (non-hydrogen) atoms. The lowest BCUT2D eigenvalue weighted by molar-refractivity contribution is -0.113. The molecule has 0 aliphatic carbocycles. The van der Waals surface area contributed by atoms with Crippen LogP contribution in [0.25, 0.3) is 10.2 Å². The second-order valence-electron chi connectivity index (χ2n) is 4.53. The molecule has 0 saturated carbocycles. The first-order chi connectivity index (χ1) is 11.0. The quantitative estimate of drug-likeness (QED) is 0.606. The average molecular weight is 415 g/mol. The van der Waals surface area contributed by atoms with Crippen LogP contribution >= 0.6 is 39.0 Å². The number of thiazole rings is 1. The molecule has 0 aliphatic rings. The van der Waals surface area contributed by atoms with E-state index in [1.54, 1.807) is 0 Å². The molecule has 3 aromatic rings. The fourth-order valence-electron chi connectivity index (χ4n) is 1.88. The van der Waals surface area contributed by atoms with Gasteiger partial charge in [-0.15, -0.1) is 11.3 Å². The molecule has 0 unspecified atom stereocenters. The molecule has 0 spiro atoms. The Kier molecular flexibility index (Phi) is 4.93. The Morgan fingerprint density at radius 2 is 2.09 bits per heavy atom. The molecule has 1 aromatic heterocycles. The number of rotatable bonds is 4. The highest BCUT2D eigenvalue weighted by Gasteiger charge is 2.14. The molecule has 0 radical (unpaired) electrons. The summed E-state index contributed by atoms with van der Waals surface area (Å²) in [5.41, 5.74) is 0.814. The predicted molar refractivity (Wildman–Crippen MR) is 93.0 cm³/mol. The van der Waals surface area contributed by atoms with E-state index >= 15 is 0 Å². The summed E-state index contributed by atoms with van der Waals surface area (Å²) in [6, 6.07) is 9.51. The van der Waals surface area contributed by atoms with Crippen LogP contribution in [-0.2, 0) is 4.79 Å². The van der Waals surface area contributed by atoms with Crippen LogP contribution in [0.15, 0.2) is 45.2 Å². The van der Waals surface area contributed by atoms with Gasteiger partial charge in [0.05, 0.1) is 21.7 Å². The first-order valence-electron chi connectivity index (χ1n) is 6.45. The van der Waals surface area contributed by atoms with Gasteiger partial charge < -0.3 is 5.32 Å². The summed E-state index contributed by atoms with van der Waals surface area (Å²) in [5.74, 6) is -1.84. The summed E-state index contributed by atoms with van der Waals surface area (Å²) in [7, 11) is 0. The monoisotopic (exact) mass is 414 g/mol. The third-order valence-electron chi connectivity index (χ3n) is 2.87. The number of nitrogens with zero attached hydrogens (tertiary/aromatic N) is 1. The molecule has 0 aliphatic heterocycles. The number of aromatic nitrogens is 1. The van der Waals surface area contributed by atoms with Crippen molar-refractivity contribution in [2.24, 2.45) is 0 Å². The summed E-state index contributed by atoms with van der Waals surface area (Å²) in [6.45, 7) is 0. The summed E-state index contributed by atoms with van der Waals surface area (Å²) in [4.78, 5) is 16.4. The van der Waals surface area contributed by atoms with Crippen molar-refractivity contribution >= 4 is 60.8 Å². The number of amides is 1. The zero-order valence-electron chi connectivity index (χ0n) is 11.5. The molecule has 1 N–H and O–H groups in total. The molecule has 0 bridgehead atoms. The van der Waals surface area contributed by atoms with Gasteiger partial charge in [0, 0.05) is 10.5 Å². The number of benzene rings is 2. The maximum atomic E-state index is 13.7. The van der Waals surface area contributed by atoms with Crippen molar-refractivity contribution in [3.8, 4) is 0 Å². The van der Waals surface area contributed by atoms with E-state index in [9.17, 15) is 13.6 Å². The van der Waals surface area contributed by atoms with Gasteiger partial charge >= 0.3 is 0 Å². The van der Waals surface area contributed by atoms with Crippen molar-refractivity contribution in [1.29, 1.82) is 0 Å². The SMILES string of the molecule is O=C(CSc1nc2ccccc2s1)Nc1c(F)cc(F)cc1Br. The maximum absolute atomic E-state index is 13.7. The van der Waals surface area contributed by atoms with Gasteiger partial charge in [0.2, 0.25) is 5.91 Å². The molecular formula is C15H9BrF2N2OS2. The molecule has 1 amide bonds. The normalized spacial score (nSPS) is 10.9. The van der Waals surface area contributed by atoms with Crippen molar-refractivity contribution in [3.63, 3.8) is 0 Å². The first-order valence-corrected chi connectivity index (χ1v) is 9.05. The zero-order chi connectivity index (χ0) is 16.4. The Balaban J connectivity index is 1.66. The number of carbonyl (C=O) groups excluding carboxylic acids is 1. The Morgan fingerprint density at radius 3 is 2.83 bits per heavy atom. The van der Waals surface area contributed by atoms with Gasteiger partial charge in [0.25, 0.3) is 0 Å². The Labute approximate surface area is 147 Å². The summed E-state index contributed by atoms with van der Waals surface area (Å²) < 4.78 is 28.7. The molecule has 0 saturated heterocycles. The van der Waals surface area contributed by atoms with Gasteiger partial charge in [-0.1, -0.05) is 23.9 Å². The molecule has 2 aromatic carbocycles. The van der Waals surface area contributed by atoms with Crippen LogP contribution in [0.4, 0.5) is 14.5 Å². The zero-order valence-corrected chi connectivity index (χ0v) is 14.7. The number of hydrogen-bond acceptors (Lipinski definition) is 4. The van der Waals surface area contributed by atoms with Crippen molar-refractivity contribution in [2.45, 2.75) is 4.34 Å². The van der Waals surface area contributed by atoms with E-state index in [-0.39, 0.29) is 21.8 Å². The fraction of sp³-hybridized carbons (Fsp3) is 0.0667. The Hall–Kier alpha value is -1.51. The lowest BCUT2D eigenvalue weighted by atomic mass is 10.3. The van der Waals surface area contributed by atoms with E-state index in [1.807, 2.05) is 24.3 Å². The van der Waals surface area contributed by atoms with E-state index in [4.69, 9.17) is 0 Å². The van der Waals surface area contributed by atoms with E-state index in [0.717, 1.165) is 26.7 Å². The summed E-state index contributed by atoms with van der Waals surface area (Å²) in [6.07, 6.45) is 0. The molecule has 118 valence electrons. The topological polar surface area (TPSA) is 42.0 Å². The second-order valence-corrected chi connectivity index (χ2v) is 7.64. The molecule has 3 nitrogen and oxygen atoms in total. The summed E-state index contributed by atoms with van der Waals surface area (Å²) >= 11 is 5.80. The first kappa shape index (κ1) is 16.4. The number of halogens is 3. The minimum Gasteiger partial charge on any atom is -0.322 e. The van der Waals surface area contributed by atoms with Gasteiger partial charge in [-0.25, -0.2) is 13.8 Å². The Bertz CT molecular complexity index is 829. The molecule has 1 heterocycles. The van der Waals surface area contributed by atoms with Crippen LogP contribution in [0, 0.1) is 11.6 Å². The third-order valence-corrected chi connectivity index (χ3v) is 5.68. The lowest BCUT2D eigenvalue weighted by Crippen LogP contribution is -2.15. The van der Waals surface area contributed by atoms with Crippen molar-refractivity contribution in [3.05, 3.63) is 52.5 Å². The van der Waals surface area contributed by atoms with Gasteiger partial charge in [-0.3, -0.25) is 4.79 Å². The van der Waals surface area contributed by atoms with Gasteiger partial charge in [0.1, 0.15) is 5.82 Å². The number of carbonyl (C=O) groups is 1. The summed E-state index contributed by atoms with van der Waals surface area (Å²) in [5, 5.41) is 2.44. The number of para-hydroxylation sites is 1. The minimum atomic E-state index is -0.824. The highest BCUT2D eigenvalue weighted by Crippen LogP contribution is 2.30. The third kappa shape index (κ3) is 3.88. The van der Waals surface area contributed by atoms with Crippen LogP contribution in [0.3, 0.4) is 0 Å². The van der Waals surface area contributed by atoms with E-state index in [0.29, 0.717) is 0 Å². The number of nitrogens with one attached hydrogen (secondary N) is 1. The highest BCUT2D eigenvalue weighted by atomic mass is 79.9. The average Bonchev–Trinajstić information content (AvgIpc) is 2.91. The molecular weight excluding hydrogens is 406 g/mol. The van der Waals surface area contributed by atoms with E-state index < -0.39 is 11.6 Å². The number of hydrogen-bond donors (Lipinski definition) is 1. The molecule has 0 fully saturated rings. The molecule has 3 rings (SSSR count). The van der Waals surface area contributed by atoms with Gasteiger partial charge in [0.15, 0.2) is 10.2 Å². The highest BCUT2D eigenvalue weighted by molar-refractivity contribution is 9.10. The van der Waals surface area contributed by atoms with Gasteiger partial charge in [-0.05, 0) is 34.1 Å². The smallest absolute Gasteiger partial charge is 0.234 e. The predicted octanol–water partition coefficient (Wildman–Crippen LogP) is 5.07. The number of anilines is 1. The standard InChI is InChI=1S/C15H9BrF2N2OS2/c16-9-5-8(17)6-10(18)14(9)20-13(21)7-22-15-19-11-3-1-2-4-12(11)23-15/h1-6H,7H2,(H,20,21). The van der Waals surface area contributed by atoms with E-state index in [1.165, 1.54) is 23.1 Å². The minimum absolute atomic E-state index is 0.0682. The number of thioether (sulfide) groups is 1. The van der Waals surface area contributed by atoms with Crippen LogP contribution in [0.2, 0.25) is 0 Å². The van der Waals surface area contributed by atoms with Gasteiger partial charge in [-0.2, -0.15) is 0 Å². The van der Waals surface area contributed by atoms with Crippen molar-refractivity contribution in [2.75, 3.05) is 11.1 Å². The van der Waals surface area contributed by atoms with E-state index in [2.05, 4.69) is 26.2 Å². The molecule has 0 atom stereocenters. The lowest BCUT2D eigenvalue weighted by Gasteiger charge is -2.08. The Morgan fingerprint density at radius 1 is 1.30 bits per heavy atom. The largest absolute Gasteiger partial charge is 0.322 e. The number of fused-ring (bicyclic) bond motifs is 1. The van der Waals surface area contributed by atoms with Crippen molar-refractivity contribution < 1.29 is 13.6 Å². The van der Waals surface area contributed by atoms with Crippen LogP contribution < -0.4 is 5.32 Å². The van der Waals surface area contributed by atoms with Crippen LogP contribution in [0.1, 0.15) is 0 Å². The van der Waals surface area contributed by atoms with Crippen LogP contribution in [0.5, 0.6) is 0 Å².